The Balaban J connectivity index is 2.94. The lowest BCUT2D eigenvalue weighted by Gasteiger charge is -1.99. The van der Waals surface area contributed by atoms with E-state index < -0.39 is 0 Å². The monoisotopic (exact) mass is 164 g/mol. The lowest BCUT2D eigenvalue weighted by Crippen LogP contribution is -1.82. The van der Waals surface area contributed by atoms with E-state index in [1.54, 1.807) is 20.1 Å². The average molecular weight is 164 g/mol. The summed E-state index contributed by atoms with van der Waals surface area (Å²) in [5, 5.41) is 8.99. The number of rotatable bonds is 2. The Morgan fingerprint density at radius 3 is 2.83 bits per heavy atom. The van der Waals surface area contributed by atoms with Gasteiger partial charge in [-0.1, -0.05) is 12.1 Å². The summed E-state index contributed by atoms with van der Waals surface area (Å²) in [5.74, 6) is 1.09. The van der Waals surface area contributed by atoms with Gasteiger partial charge in [0, 0.05) is 0 Å². The van der Waals surface area contributed by atoms with Crippen LogP contribution in [0.3, 0.4) is 0 Å². The fourth-order valence-corrected chi connectivity index (χ4v) is 0.973. The van der Waals surface area contributed by atoms with Crippen LogP contribution in [-0.4, -0.2) is 12.2 Å². The summed E-state index contributed by atoms with van der Waals surface area (Å²) >= 11 is 0. The molecule has 0 fully saturated rings. The lowest BCUT2D eigenvalue weighted by molar-refractivity contribution is 0.414. The molecular weight excluding hydrogens is 152 g/mol. The molecule has 1 rings (SSSR count). The molecule has 0 radical (unpaired) electrons. The number of hydrogen-bond acceptors (Lipinski definition) is 2. The van der Waals surface area contributed by atoms with Gasteiger partial charge in [0.2, 0.25) is 0 Å². The molecule has 0 bridgehead atoms. The van der Waals surface area contributed by atoms with E-state index in [4.69, 9.17) is 9.84 Å². The second kappa shape index (κ2) is 3.81. The number of ether oxygens (including phenoxy) is 1. The molecule has 0 atom stereocenters. The van der Waals surface area contributed by atoms with Crippen LogP contribution in [0.15, 0.2) is 30.0 Å². The van der Waals surface area contributed by atoms with Crippen molar-refractivity contribution in [2.75, 3.05) is 7.11 Å². The molecular formula is C10H12O2. The van der Waals surface area contributed by atoms with Gasteiger partial charge in [-0.15, -0.1) is 0 Å². The van der Waals surface area contributed by atoms with Crippen LogP contribution in [0.1, 0.15) is 12.5 Å². The van der Waals surface area contributed by atoms with Crippen LogP contribution in [0.2, 0.25) is 0 Å². The van der Waals surface area contributed by atoms with Gasteiger partial charge in [-0.3, -0.25) is 0 Å². The van der Waals surface area contributed by atoms with E-state index >= 15 is 0 Å². The van der Waals surface area contributed by atoms with Crippen LogP contribution < -0.4 is 4.74 Å². The van der Waals surface area contributed by atoms with Crippen LogP contribution in [0.25, 0.3) is 6.08 Å². The van der Waals surface area contributed by atoms with Crippen molar-refractivity contribution in [1.82, 2.24) is 0 Å². The summed E-state index contributed by atoms with van der Waals surface area (Å²) in [6.07, 6.45) is 1.68. The highest BCUT2D eigenvalue weighted by molar-refractivity contribution is 5.52. The molecule has 1 N–H and O–H groups in total. The molecule has 2 nitrogen and oxygen atoms in total. The van der Waals surface area contributed by atoms with Crippen molar-refractivity contribution >= 4 is 6.08 Å². The van der Waals surface area contributed by atoms with Crippen LogP contribution >= 0.6 is 0 Å². The van der Waals surface area contributed by atoms with E-state index in [-0.39, 0.29) is 0 Å². The quantitative estimate of drug-likeness (QED) is 0.681. The van der Waals surface area contributed by atoms with Crippen LogP contribution in [-0.2, 0) is 0 Å². The first-order chi connectivity index (χ1) is 5.72. The number of hydrogen-bond donors (Lipinski definition) is 1. The zero-order valence-electron chi connectivity index (χ0n) is 7.24. The Kier molecular flexibility index (Phi) is 2.75. The van der Waals surface area contributed by atoms with Crippen LogP contribution in [0, 0.1) is 0 Å². The maximum Gasteiger partial charge on any atom is 0.119 e. The van der Waals surface area contributed by atoms with Crippen molar-refractivity contribution in [2.45, 2.75) is 6.92 Å². The minimum Gasteiger partial charge on any atom is -0.513 e. The molecule has 0 saturated heterocycles. The number of allylic oxidation sites excluding steroid dienone is 1. The molecule has 64 valence electrons. The van der Waals surface area contributed by atoms with E-state index in [9.17, 15) is 0 Å². The summed E-state index contributed by atoms with van der Waals surface area (Å²) in [6.45, 7) is 1.64. The van der Waals surface area contributed by atoms with Crippen LogP contribution in [0.4, 0.5) is 0 Å². The lowest BCUT2D eigenvalue weighted by atomic mass is 10.2. The second-order valence-electron chi connectivity index (χ2n) is 2.56. The highest BCUT2D eigenvalue weighted by atomic mass is 16.5. The number of aliphatic hydroxyl groups is 1. The smallest absolute Gasteiger partial charge is 0.119 e. The molecule has 0 spiro atoms. The Bertz CT molecular complexity index is 286. The van der Waals surface area contributed by atoms with Gasteiger partial charge in [0.25, 0.3) is 0 Å². The Hall–Kier alpha value is -1.44. The summed E-state index contributed by atoms with van der Waals surface area (Å²) < 4.78 is 5.03. The third kappa shape index (κ3) is 2.31. The molecule has 0 aliphatic heterocycles. The molecule has 0 aliphatic rings. The normalized spacial score (nSPS) is 11.3. The van der Waals surface area contributed by atoms with Gasteiger partial charge < -0.3 is 9.84 Å². The van der Waals surface area contributed by atoms with E-state index in [0.29, 0.717) is 5.76 Å². The minimum absolute atomic E-state index is 0.295. The molecule has 0 saturated carbocycles. The van der Waals surface area contributed by atoms with Gasteiger partial charge in [0.15, 0.2) is 0 Å². The first-order valence-electron chi connectivity index (χ1n) is 3.73. The van der Waals surface area contributed by atoms with Crippen molar-refractivity contribution in [3.8, 4) is 5.75 Å². The molecule has 0 amide bonds. The Morgan fingerprint density at radius 2 is 2.25 bits per heavy atom. The van der Waals surface area contributed by atoms with Crippen molar-refractivity contribution in [3.05, 3.63) is 35.6 Å². The fraction of sp³-hybridized carbons (Fsp3) is 0.200. The maximum atomic E-state index is 8.99. The maximum absolute atomic E-state index is 8.99. The number of benzene rings is 1. The van der Waals surface area contributed by atoms with Gasteiger partial charge in [0.1, 0.15) is 5.75 Å². The van der Waals surface area contributed by atoms with Gasteiger partial charge >= 0.3 is 0 Å². The highest BCUT2D eigenvalue weighted by Gasteiger charge is 1.92. The van der Waals surface area contributed by atoms with Gasteiger partial charge in [-0.05, 0) is 30.7 Å². The average Bonchev–Trinajstić information content (AvgIpc) is 2.03. The van der Waals surface area contributed by atoms with E-state index in [2.05, 4.69) is 0 Å². The standard InChI is InChI=1S/C10H12O2/c1-8(11)6-9-4-3-5-10(7-9)12-2/h3-7,11H,1-2H3. The molecule has 2 heteroatoms. The zero-order chi connectivity index (χ0) is 8.97. The van der Waals surface area contributed by atoms with Gasteiger partial charge in [-0.2, -0.15) is 0 Å². The topological polar surface area (TPSA) is 29.5 Å². The summed E-state index contributed by atoms with van der Waals surface area (Å²) in [6, 6.07) is 7.51. The summed E-state index contributed by atoms with van der Waals surface area (Å²) in [7, 11) is 1.62. The molecule has 0 unspecified atom stereocenters. The number of methoxy groups -OCH3 is 1. The molecule has 0 heterocycles. The van der Waals surface area contributed by atoms with Gasteiger partial charge in [0.05, 0.1) is 12.9 Å². The highest BCUT2D eigenvalue weighted by Crippen LogP contribution is 2.14. The second-order valence-corrected chi connectivity index (χ2v) is 2.56. The fourth-order valence-electron chi connectivity index (χ4n) is 0.973. The molecule has 12 heavy (non-hydrogen) atoms. The third-order valence-electron chi connectivity index (χ3n) is 1.47. The van der Waals surface area contributed by atoms with Crippen molar-refractivity contribution in [1.29, 1.82) is 0 Å². The summed E-state index contributed by atoms with van der Waals surface area (Å²) in [5.41, 5.74) is 0.939. The Morgan fingerprint density at radius 1 is 1.50 bits per heavy atom. The molecule has 1 aromatic carbocycles. The van der Waals surface area contributed by atoms with Crippen molar-refractivity contribution in [2.24, 2.45) is 0 Å². The minimum atomic E-state index is 0.295. The van der Waals surface area contributed by atoms with Crippen LogP contribution in [0.5, 0.6) is 5.75 Å². The predicted octanol–water partition coefficient (Wildman–Crippen LogP) is 2.61. The first-order valence-corrected chi connectivity index (χ1v) is 3.73. The Labute approximate surface area is 72.1 Å². The van der Waals surface area contributed by atoms with Crippen molar-refractivity contribution < 1.29 is 9.84 Å². The molecule has 0 aliphatic carbocycles. The first kappa shape index (κ1) is 8.65. The van der Waals surface area contributed by atoms with E-state index in [1.807, 2.05) is 24.3 Å². The van der Waals surface area contributed by atoms with Crippen molar-refractivity contribution in [3.63, 3.8) is 0 Å². The SMILES string of the molecule is COc1cccc(C=C(C)O)c1. The summed E-state index contributed by atoms with van der Waals surface area (Å²) in [4.78, 5) is 0. The van der Waals surface area contributed by atoms with E-state index in [0.717, 1.165) is 11.3 Å². The number of aliphatic hydroxyl groups excluding tert-OH is 1. The molecule has 0 aromatic heterocycles. The third-order valence-corrected chi connectivity index (χ3v) is 1.47. The predicted molar refractivity (Wildman–Crippen MR) is 49.3 cm³/mol. The van der Waals surface area contributed by atoms with Gasteiger partial charge in [-0.25, -0.2) is 0 Å². The molecule has 1 aromatic rings. The largest absolute Gasteiger partial charge is 0.513 e. The zero-order valence-corrected chi connectivity index (χ0v) is 7.24. The van der Waals surface area contributed by atoms with E-state index in [1.165, 1.54) is 0 Å².